The van der Waals surface area contributed by atoms with Crippen LogP contribution in [-0.4, -0.2) is 34.4 Å². The van der Waals surface area contributed by atoms with Crippen molar-refractivity contribution in [2.75, 3.05) is 5.75 Å². The molecule has 8 nitrogen and oxygen atoms in total. The van der Waals surface area contributed by atoms with Crippen molar-refractivity contribution in [1.29, 1.82) is 0 Å². The highest BCUT2D eigenvalue weighted by Gasteiger charge is 2.35. The number of nitrogens with zero attached hydrogens (tertiary/aromatic N) is 6. The number of aromatic nitrogens is 6. The molecule has 1 aromatic carbocycles. The molecule has 0 aliphatic rings. The maximum Gasteiger partial charge on any atom is 0.451 e. The van der Waals surface area contributed by atoms with Gasteiger partial charge in [0.25, 0.3) is 5.56 Å². The molecule has 0 spiro atoms. The Bertz CT molecular complexity index is 1410. The van der Waals surface area contributed by atoms with Crippen molar-refractivity contribution in [1.82, 2.24) is 28.7 Å². The molecule has 0 saturated carbocycles. The monoisotopic (exact) mass is 450 g/mol. The second-order valence-corrected chi connectivity index (χ2v) is 7.98. The van der Waals surface area contributed by atoms with Gasteiger partial charge in [0.1, 0.15) is 5.03 Å². The number of hydrogen-bond acceptors (Lipinski definition) is 6. The average molecular weight is 450 g/mol. The molecule has 0 aliphatic carbocycles. The molecule has 0 amide bonds. The Morgan fingerprint density at radius 2 is 1.84 bits per heavy atom. The zero-order valence-electron chi connectivity index (χ0n) is 16.5. The normalized spacial score (nSPS) is 12.2. The first-order chi connectivity index (χ1) is 14.7. The number of hydrogen-bond donors (Lipinski definition) is 0. The fourth-order valence-corrected chi connectivity index (χ4v) is 4.22. The lowest BCUT2D eigenvalue weighted by molar-refractivity contribution is -0.145. The Morgan fingerprint density at radius 1 is 1.10 bits per heavy atom. The molecule has 4 aromatic rings. The lowest BCUT2D eigenvalue weighted by atomic mass is 10.2. The van der Waals surface area contributed by atoms with Crippen LogP contribution in [0.15, 0.2) is 45.2 Å². The number of para-hydroxylation sites is 1. The molecule has 4 rings (SSSR count). The van der Waals surface area contributed by atoms with Crippen LogP contribution in [0.3, 0.4) is 0 Å². The fourth-order valence-electron chi connectivity index (χ4n) is 3.27. The van der Waals surface area contributed by atoms with E-state index in [1.54, 1.807) is 29.8 Å². The van der Waals surface area contributed by atoms with E-state index < -0.39 is 23.2 Å². The molecule has 0 atom stereocenters. The number of aryl methyl sites for hydroxylation is 2. The predicted octanol–water partition coefficient (Wildman–Crippen LogP) is 2.58. The summed E-state index contributed by atoms with van der Waals surface area (Å²) >= 11 is 1.13. The van der Waals surface area contributed by atoms with Crippen molar-refractivity contribution in [2.24, 2.45) is 14.1 Å². The minimum absolute atomic E-state index is 0.120. The molecule has 0 fully saturated rings. The maximum atomic E-state index is 13.1. The maximum absolute atomic E-state index is 13.1. The van der Waals surface area contributed by atoms with E-state index in [1.807, 2.05) is 0 Å². The third kappa shape index (κ3) is 3.82. The van der Waals surface area contributed by atoms with E-state index in [2.05, 4.69) is 15.0 Å². The molecule has 0 radical (unpaired) electrons. The molecule has 0 saturated heterocycles. The van der Waals surface area contributed by atoms with Crippen molar-refractivity contribution in [3.05, 3.63) is 57.3 Å². The van der Waals surface area contributed by atoms with Gasteiger partial charge in [0.2, 0.25) is 5.82 Å². The standard InChI is InChI=1S/C19H17F3N6O2S/c1-26-10-23-14-13(26)16(29)28(18(30)27(14)2)8-5-9-31-15-11-6-3-4-7-12(11)24-17(25-15)19(20,21)22/h3-4,6-7,10H,5,8-9H2,1-2H3. The summed E-state index contributed by atoms with van der Waals surface area (Å²) in [6.07, 6.45) is -2.82. The van der Waals surface area contributed by atoms with Crippen LogP contribution in [0.1, 0.15) is 12.2 Å². The summed E-state index contributed by atoms with van der Waals surface area (Å²) in [5.74, 6) is -0.836. The second kappa shape index (κ2) is 7.84. The van der Waals surface area contributed by atoms with E-state index in [0.717, 1.165) is 16.3 Å². The average Bonchev–Trinajstić information content (AvgIpc) is 3.12. The molecular formula is C19H17F3N6O2S. The van der Waals surface area contributed by atoms with Crippen LogP contribution in [0, 0.1) is 0 Å². The van der Waals surface area contributed by atoms with Gasteiger partial charge in [-0.3, -0.25) is 13.9 Å². The van der Waals surface area contributed by atoms with E-state index in [-0.39, 0.29) is 17.1 Å². The smallest absolute Gasteiger partial charge is 0.328 e. The van der Waals surface area contributed by atoms with Gasteiger partial charge >= 0.3 is 11.9 Å². The van der Waals surface area contributed by atoms with Crippen molar-refractivity contribution >= 4 is 33.8 Å². The third-order valence-corrected chi connectivity index (χ3v) is 5.87. The fraction of sp³-hybridized carbons (Fsp3) is 0.316. The van der Waals surface area contributed by atoms with E-state index in [1.165, 1.54) is 24.0 Å². The van der Waals surface area contributed by atoms with Gasteiger partial charge < -0.3 is 4.57 Å². The Balaban J connectivity index is 1.58. The van der Waals surface area contributed by atoms with Gasteiger partial charge in [-0.2, -0.15) is 13.2 Å². The Kier molecular flexibility index (Phi) is 5.33. The predicted molar refractivity (Wildman–Crippen MR) is 110 cm³/mol. The van der Waals surface area contributed by atoms with Gasteiger partial charge in [0.05, 0.1) is 11.8 Å². The zero-order valence-corrected chi connectivity index (χ0v) is 17.4. The second-order valence-electron chi connectivity index (χ2n) is 6.90. The largest absolute Gasteiger partial charge is 0.451 e. The number of benzene rings is 1. The number of rotatable bonds is 5. The first kappa shape index (κ1) is 21.1. The van der Waals surface area contributed by atoms with Crippen molar-refractivity contribution < 1.29 is 13.2 Å². The van der Waals surface area contributed by atoms with Gasteiger partial charge in [-0.25, -0.2) is 19.7 Å². The van der Waals surface area contributed by atoms with Crippen LogP contribution in [0.2, 0.25) is 0 Å². The Hall–Kier alpha value is -3.15. The number of alkyl halides is 3. The van der Waals surface area contributed by atoms with E-state index in [0.29, 0.717) is 28.7 Å². The summed E-state index contributed by atoms with van der Waals surface area (Å²) in [4.78, 5) is 36.6. The summed E-state index contributed by atoms with van der Waals surface area (Å²) in [6.45, 7) is 0.120. The summed E-state index contributed by atoms with van der Waals surface area (Å²) in [7, 11) is 3.20. The molecule has 162 valence electrons. The first-order valence-corrected chi connectivity index (χ1v) is 10.2. The highest BCUT2D eigenvalue weighted by molar-refractivity contribution is 7.99. The molecule has 12 heteroatoms. The van der Waals surface area contributed by atoms with Gasteiger partial charge in [-0.05, 0) is 12.5 Å². The van der Waals surface area contributed by atoms with Crippen LogP contribution in [-0.2, 0) is 26.8 Å². The quantitative estimate of drug-likeness (QED) is 0.264. The molecular weight excluding hydrogens is 433 g/mol. The lowest BCUT2D eigenvalue weighted by Crippen LogP contribution is -2.39. The minimum Gasteiger partial charge on any atom is -0.328 e. The molecule has 31 heavy (non-hydrogen) atoms. The third-order valence-electron chi connectivity index (χ3n) is 4.79. The topological polar surface area (TPSA) is 87.6 Å². The van der Waals surface area contributed by atoms with Crippen LogP contribution in [0.25, 0.3) is 22.1 Å². The van der Waals surface area contributed by atoms with Gasteiger partial charge in [-0.15, -0.1) is 11.8 Å². The van der Waals surface area contributed by atoms with E-state index >= 15 is 0 Å². The van der Waals surface area contributed by atoms with Crippen LogP contribution < -0.4 is 11.2 Å². The zero-order chi connectivity index (χ0) is 22.3. The van der Waals surface area contributed by atoms with Crippen molar-refractivity contribution in [3.8, 4) is 0 Å². The molecule has 0 unspecified atom stereocenters. The minimum atomic E-state index is -4.66. The molecule has 3 aromatic heterocycles. The number of imidazole rings is 1. The summed E-state index contributed by atoms with van der Waals surface area (Å²) < 4.78 is 43.4. The van der Waals surface area contributed by atoms with Gasteiger partial charge in [0, 0.05) is 31.8 Å². The van der Waals surface area contributed by atoms with Crippen LogP contribution in [0.5, 0.6) is 0 Å². The van der Waals surface area contributed by atoms with Crippen LogP contribution in [0.4, 0.5) is 13.2 Å². The summed E-state index contributed by atoms with van der Waals surface area (Å²) in [5, 5.41) is 0.727. The van der Waals surface area contributed by atoms with Crippen molar-refractivity contribution in [2.45, 2.75) is 24.2 Å². The first-order valence-electron chi connectivity index (χ1n) is 9.26. The van der Waals surface area contributed by atoms with Crippen molar-refractivity contribution in [3.63, 3.8) is 0 Å². The number of fused-ring (bicyclic) bond motifs is 2. The van der Waals surface area contributed by atoms with Gasteiger partial charge in [-0.1, -0.05) is 18.2 Å². The molecule has 0 aliphatic heterocycles. The highest BCUT2D eigenvalue weighted by atomic mass is 32.2. The highest BCUT2D eigenvalue weighted by Crippen LogP contribution is 2.32. The molecule has 0 N–H and O–H groups in total. The van der Waals surface area contributed by atoms with E-state index in [9.17, 15) is 22.8 Å². The number of halogens is 3. The SMILES string of the molecule is Cn1cnc2c1c(=O)n(CCCSc1nc(C(F)(F)F)nc3ccccc13)c(=O)n2C. The summed E-state index contributed by atoms with van der Waals surface area (Å²) in [6, 6.07) is 6.48. The number of thioether (sulfide) groups is 1. The van der Waals surface area contributed by atoms with E-state index in [4.69, 9.17) is 0 Å². The Labute approximate surface area is 177 Å². The van der Waals surface area contributed by atoms with Crippen LogP contribution >= 0.6 is 11.8 Å². The summed E-state index contributed by atoms with van der Waals surface area (Å²) in [5.41, 5.74) is -0.122. The molecule has 3 heterocycles. The Morgan fingerprint density at radius 3 is 2.58 bits per heavy atom. The lowest BCUT2D eigenvalue weighted by Gasteiger charge is -2.11. The van der Waals surface area contributed by atoms with Gasteiger partial charge in [0.15, 0.2) is 11.2 Å². The molecule has 0 bridgehead atoms.